The number of esters is 1. The normalized spacial score (nSPS) is 14.8. The zero-order chi connectivity index (χ0) is 18.5. The van der Waals surface area contributed by atoms with Crippen molar-refractivity contribution in [3.05, 3.63) is 40.2 Å². The van der Waals surface area contributed by atoms with Gasteiger partial charge in [0.2, 0.25) is 0 Å². The van der Waals surface area contributed by atoms with Crippen molar-refractivity contribution in [2.24, 2.45) is 0 Å². The summed E-state index contributed by atoms with van der Waals surface area (Å²) in [5, 5.41) is 3.38. The Hall–Kier alpha value is -2.83. The first-order chi connectivity index (χ1) is 12.6. The van der Waals surface area contributed by atoms with Crippen LogP contribution in [0, 0.1) is 0 Å². The van der Waals surface area contributed by atoms with E-state index < -0.39 is 18.2 Å². The Labute approximate surface area is 150 Å². The summed E-state index contributed by atoms with van der Waals surface area (Å²) in [7, 11) is 1.46. The van der Waals surface area contributed by atoms with Crippen molar-refractivity contribution in [2.45, 2.75) is 38.1 Å². The van der Waals surface area contributed by atoms with Gasteiger partial charge in [-0.1, -0.05) is 31.4 Å². The van der Waals surface area contributed by atoms with E-state index in [-0.39, 0.29) is 23.1 Å². The minimum atomic E-state index is -0.887. The predicted octanol–water partition coefficient (Wildman–Crippen LogP) is 2.41. The molecule has 1 fully saturated rings. The average molecular weight is 359 g/mol. The summed E-state index contributed by atoms with van der Waals surface area (Å²) in [4.78, 5) is 36.2. The topological polar surface area (TPSA) is 94.8 Å². The summed E-state index contributed by atoms with van der Waals surface area (Å²) in [5.41, 5.74) is -0.831. The van der Waals surface area contributed by atoms with Crippen molar-refractivity contribution in [2.75, 3.05) is 13.7 Å². The largest absolute Gasteiger partial charge is 0.493 e. The third kappa shape index (κ3) is 4.04. The number of carbonyl (C=O) groups is 2. The van der Waals surface area contributed by atoms with E-state index in [9.17, 15) is 14.4 Å². The smallest absolute Gasteiger partial charge is 0.351 e. The molecule has 7 nitrogen and oxygen atoms in total. The zero-order valence-electron chi connectivity index (χ0n) is 14.6. The number of fused-ring (bicyclic) bond motifs is 1. The fourth-order valence-corrected chi connectivity index (χ4v) is 3.15. The SMILES string of the molecule is COc1cccc2cc(C(=O)OCC(=O)NC3CCCCC3)c(=O)oc12. The number of hydrogen-bond donors (Lipinski definition) is 1. The lowest BCUT2D eigenvalue weighted by Gasteiger charge is -2.22. The van der Waals surface area contributed by atoms with Crippen LogP contribution in [0.3, 0.4) is 0 Å². The van der Waals surface area contributed by atoms with E-state index in [0.29, 0.717) is 11.1 Å². The second-order valence-corrected chi connectivity index (χ2v) is 6.30. The van der Waals surface area contributed by atoms with E-state index in [1.165, 1.54) is 19.6 Å². The lowest BCUT2D eigenvalue weighted by molar-refractivity contribution is -0.125. The van der Waals surface area contributed by atoms with Gasteiger partial charge in [-0.25, -0.2) is 9.59 Å². The van der Waals surface area contributed by atoms with Gasteiger partial charge < -0.3 is 19.2 Å². The highest BCUT2D eigenvalue weighted by molar-refractivity contribution is 5.95. The van der Waals surface area contributed by atoms with Crippen molar-refractivity contribution in [1.82, 2.24) is 5.32 Å². The van der Waals surface area contributed by atoms with Crippen LogP contribution in [0.2, 0.25) is 0 Å². The summed E-state index contributed by atoms with van der Waals surface area (Å²) in [6, 6.07) is 6.57. The van der Waals surface area contributed by atoms with E-state index >= 15 is 0 Å². The fraction of sp³-hybridized carbons (Fsp3) is 0.421. The predicted molar refractivity (Wildman–Crippen MR) is 94.3 cm³/mol. The van der Waals surface area contributed by atoms with Gasteiger partial charge in [0.05, 0.1) is 7.11 Å². The Kier molecular flexibility index (Phi) is 5.55. The average Bonchev–Trinajstić information content (AvgIpc) is 2.66. The molecule has 26 heavy (non-hydrogen) atoms. The summed E-state index contributed by atoms with van der Waals surface area (Å²) in [6.45, 7) is -0.426. The van der Waals surface area contributed by atoms with Crippen molar-refractivity contribution in [3.63, 3.8) is 0 Å². The zero-order valence-corrected chi connectivity index (χ0v) is 14.6. The molecule has 1 saturated carbocycles. The molecule has 7 heteroatoms. The number of nitrogens with one attached hydrogen (secondary N) is 1. The molecule has 0 spiro atoms. The van der Waals surface area contributed by atoms with Crippen LogP contribution in [0.5, 0.6) is 5.75 Å². The number of methoxy groups -OCH3 is 1. The molecule has 1 heterocycles. The van der Waals surface area contributed by atoms with Crippen LogP contribution in [0.1, 0.15) is 42.5 Å². The van der Waals surface area contributed by atoms with Crippen molar-refractivity contribution >= 4 is 22.8 Å². The molecule has 0 unspecified atom stereocenters. The highest BCUT2D eigenvalue weighted by Gasteiger charge is 2.20. The van der Waals surface area contributed by atoms with Gasteiger partial charge in [-0.3, -0.25) is 4.79 Å². The van der Waals surface area contributed by atoms with Crippen LogP contribution in [-0.4, -0.2) is 31.6 Å². The lowest BCUT2D eigenvalue weighted by Crippen LogP contribution is -2.38. The number of rotatable bonds is 5. The molecule has 0 radical (unpaired) electrons. The quantitative estimate of drug-likeness (QED) is 0.651. The van der Waals surface area contributed by atoms with E-state index in [1.807, 2.05) is 0 Å². The maximum Gasteiger partial charge on any atom is 0.351 e. The molecule has 138 valence electrons. The monoisotopic (exact) mass is 359 g/mol. The highest BCUT2D eigenvalue weighted by atomic mass is 16.5. The number of benzene rings is 1. The van der Waals surface area contributed by atoms with Crippen LogP contribution in [0.4, 0.5) is 0 Å². The Morgan fingerprint density at radius 2 is 2.00 bits per heavy atom. The van der Waals surface area contributed by atoms with Crippen LogP contribution >= 0.6 is 0 Å². The molecule has 2 aromatic rings. The van der Waals surface area contributed by atoms with Gasteiger partial charge in [-0.2, -0.15) is 0 Å². The maximum absolute atomic E-state index is 12.2. The van der Waals surface area contributed by atoms with Crippen LogP contribution < -0.4 is 15.7 Å². The van der Waals surface area contributed by atoms with Crippen LogP contribution in [0.15, 0.2) is 33.5 Å². The molecular formula is C19H21NO6. The van der Waals surface area contributed by atoms with Crippen molar-refractivity contribution in [3.8, 4) is 5.75 Å². The van der Waals surface area contributed by atoms with Gasteiger partial charge >= 0.3 is 11.6 Å². The highest BCUT2D eigenvalue weighted by Crippen LogP contribution is 2.24. The third-order valence-corrected chi connectivity index (χ3v) is 4.47. The fourth-order valence-electron chi connectivity index (χ4n) is 3.15. The molecular weight excluding hydrogens is 338 g/mol. The summed E-state index contributed by atoms with van der Waals surface area (Å²) >= 11 is 0. The second-order valence-electron chi connectivity index (χ2n) is 6.30. The minimum Gasteiger partial charge on any atom is -0.493 e. The van der Waals surface area contributed by atoms with E-state index in [2.05, 4.69) is 5.32 Å². The molecule has 0 saturated heterocycles. The molecule has 1 aromatic heterocycles. The minimum absolute atomic E-state index is 0.133. The first-order valence-electron chi connectivity index (χ1n) is 8.66. The van der Waals surface area contributed by atoms with Gasteiger partial charge in [0.25, 0.3) is 5.91 Å². The van der Waals surface area contributed by atoms with Crippen LogP contribution in [-0.2, 0) is 9.53 Å². The summed E-state index contributed by atoms with van der Waals surface area (Å²) in [5.74, 6) is -0.856. The number of para-hydroxylation sites is 1. The molecule has 0 atom stereocenters. The van der Waals surface area contributed by atoms with Gasteiger partial charge in [-0.15, -0.1) is 0 Å². The van der Waals surface area contributed by atoms with Gasteiger partial charge in [0.1, 0.15) is 5.56 Å². The van der Waals surface area contributed by atoms with E-state index in [0.717, 1.165) is 25.7 Å². The number of amides is 1. The number of ether oxygens (including phenoxy) is 2. The molecule has 1 aliphatic carbocycles. The summed E-state index contributed by atoms with van der Waals surface area (Å²) in [6.07, 6.45) is 5.24. The third-order valence-electron chi connectivity index (χ3n) is 4.47. The van der Waals surface area contributed by atoms with E-state index in [1.54, 1.807) is 18.2 Å². The molecule has 1 aliphatic rings. The number of hydrogen-bond acceptors (Lipinski definition) is 6. The van der Waals surface area contributed by atoms with Crippen molar-refractivity contribution in [1.29, 1.82) is 0 Å². The van der Waals surface area contributed by atoms with Gasteiger partial charge in [0.15, 0.2) is 17.9 Å². The molecule has 0 bridgehead atoms. The Morgan fingerprint density at radius 3 is 2.73 bits per heavy atom. The summed E-state index contributed by atoms with van der Waals surface area (Å²) < 4.78 is 15.3. The van der Waals surface area contributed by atoms with Crippen LogP contribution in [0.25, 0.3) is 11.0 Å². The maximum atomic E-state index is 12.2. The van der Waals surface area contributed by atoms with Gasteiger partial charge in [-0.05, 0) is 25.0 Å². The second kappa shape index (κ2) is 8.03. The standard InChI is InChI=1S/C19H21NO6/c1-24-15-9-5-6-12-10-14(19(23)26-17(12)15)18(22)25-11-16(21)20-13-7-3-2-4-8-13/h5-6,9-10,13H,2-4,7-8,11H2,1H3,(H,20,21). The molecule has 1 aromatic carbocycles. The first-order valence-corrected chi connectivity index (χ1v) is 8.66. The molecule has 0 aliphatic heterocycles. The number of carbonyl (C=O) groups excluding carboxylic acids is 2. The lowest BCUT2D eigenvalue weighted by atomic mass is 9.95. The Morgan fingerprint density at radius 1 is 1.23 bits per heavy atom. The molecule has 3 rings (SSSR count). The molecule has 1 amide bonds. The Bertz CT molecular complexity index is 866. The molecule has 1 N–H and O–H groups in total. The Balaban J connectivity index is 1.66. The van der Waals surface area contributed by atoms with Crippen molar-refractivity contribution < 1.29 is 23.5 Å². The van der Waals surface area contributed by atoms with E-state index in [4.69, 9.17) is 13.9 Å². The first kappa shape index (κ1) is 18.0. The van der Waals surface area contributed by atoms with Gasteiger partial charge in [0, 0.05) is 11.4 Å².